The molecule has 0 saturated heterocycles. The maximum absolute atomic E-state index is 8.75. The van der Waals surface area contributed by atoms with Crippen molar-refractivity contribution in [3.05, 3.63) is 30.1 Å². The lowest BCUT2D eigenvalue weighted by Gasteiger charge is -2.31. The van der Waals surface area contributed by atoms with Gasteiger partial charge in [-0.15, -0.1) is 0 Å². The quantitative estimate of drug-likeness (QED) is 0.798. The fourth-order valence-corrected chi connectivity index (χ4v) is 2.11. The molecule has 0 amide bonds. The highest BCUT2D eigenvalue weighted by Crippen LogP contribution is 2.20. The normalized spacial score (nSPS) is 12.7. The third kappa shape index (κ3) is 4.44. The van der Waals surface area contributed by atoms with Crippen molar-refractivity contribution in [1.82, 2.24) is 9.88 Å². The molecule has 1 heterocycles. The van der Waals surface area contributed by atoms with Crippen LogP contribution in [0.5, 0.6) is 0 Å². The minimum atomic E-state index is 0.148. The highest BCUT2D eigenvalue weighted by atomic mass is 15.2. The second-order valence-electron chi connectivity index (χ2n) is 4.83. The third-order valence-corrected chi connectivity index (χ3v) is 2.84. The molecule has 1 atom stereocenters. The van der Waals surface area contributed by atoms with Gasteiger partial charge >= 0.3 is 0 Å². The Morgan fingerprint density at radius 1 is 1.50 bits per heavy atom. The van der Waals surface area contributed by atoms with Crippen molar-refractivity contribution in [3.8, 4) is 6.07 Å². The summed E-state index contributed by atoms with van der Waals surface area (Å²) < 4.78 is 0. The number of nitrogens with two attached hydrogens (primary N) is 1. The smallest absolute Gasteiger partial charge is 0.0635 e. The summed E-state index contributed by atoms with van der Waals surface area (Å²) in [6, 6.07) is 6.32. The molecule has 0 aliphatic rings. The second kappa shape index (κ2) is 7.80. The summed E-state index contributed by atoms with van der Waals surface area (Å²) in [5.74, 6) is 0.550. The summed E-state index contributed by atoms with van der Waals surface area (Å²) in [4.78, 5) is 6.43. The molecule has 0 aliphatic heterocycles. The zero-order chi connectivity index (χ0) is 13.4. The Morgan fingerprint density at radius 3 is 2.78 bits per heavy atom. The van der Waals surface area contributed by atoms with Crippen molar-refractivity contribution < 1.29 is 0 Å². The van der Waals surface area contributed by atoms with Crippen LogP contribution in [0.4, 0.5) is 0 Å². The van der Waals surface area contributed by atoms with Gasteiger partial charge in [0.05, 0.1) is 6.07 Å². The average Bonchev–Trinajstić information content (AvgIpc) is 2.37. The van der Waals surface area contributed by atoms with E-state index >= 15 is 0 Å². The van der Waals surface area contributed by atoms with Gasteiger partial charge in [0, 0.05) is 44.5 Å². The number of hydrogen-bond donors (Lipinski definition) is 1. The zero-order valence-corrected chi connectivity index (χ0v) is 11.2. The van der Waals surface area contributed by atoms with Crippen molar-refractivity contribution >= 4 is 0 Å². The minimum Gasteiger partial charge on any atom is -0.329 e. The van der Waals surface area contributed by atoms with Gasteiger partial charge in [0.1, 0.15) is 0 Å². The first-order valence-electron chi connectivity index (χ1n) is 6.40. The second-order valence-corrected chi connectivity index (χ2v) is 4.83. The molecule has 0 aromatic carbocycles. The number of pyridine rings is 1. The highest BCUT2D eigenvalue weighted by molar-refractivity contribution is 5.14. The number of rotatable bonds is 7. The molecule has 4 heteroatoms. The fraction of sp³-hybridized carbons (Fsp3) is 0.571. The summed E-state index contributed by atoms with van der Waals surface area (Å²) in [5.41, 5.74) is 7.02. The lowest BCUT2D eigenvalue weighted by atomic mass is 10.1. The average molecular weight is 246 g/mol. The van der Waals surface area contributed by atoms with E-state index in [0.717, 1.165) is 18.7 Å². The predicted molar refractivity (Wildman–Crippen MR) is 72.7 cm³/mol. The van der Waals surface area contributed by atoms with Crippen molar-refractivity contribution in [2.45, 2.75) is 26.3 Å². The van der Waals surface area contributed by atoms with Gasteiger partial charge in [0.15, 0.2) is 0 Å². The van der Waals surface area contributed by atoms with Gasteiger partial charge in [-0.05, 0) is 17.5 Å². The maximum atomic E-state index is 8.75. The first-order chi connectivity index (χ1) is 8.69. The molecule has 18 heavy (non-hydrogen) atoms. The number of nitriles is 1. The number of aromatic nitrogens is 1. The third-order valence-electron chi connectivity index (χ3n) is 2.84. The van der Waals surface area contributed by atoms with E-state index in [4.69, 9.17) is 11.0 Å². The van der Waals surface area contributed by atoms with Crippen LogP contribution < -0.4 is 5.73 Å². The summed E-state index contributed by atoms with van der Waals surface area (Å²) in [7, 11) is 0. The van der Waals surface area contributed by atoms with E-state index in [9.17, 15) is 0 Å². The standard InChI is InChI=1S/C14H22N4/c1-12(2)11-18(8-4-6-15)14(9-16)13-5-3-7-17-10-13/h3,5,7,10,12,14H,4,8-9,11,16H2,1-2H3. The summed E-state index contributed by atoms with van der Waals surface area (Å²) in [6.07, 6.45) is 4.15. The van der Waals surface area contributed by atoms with E-state index in [1.54, 1.807) is 6.20 Å². The molecule has 1 aromatic heterocycles. The van der Waals surface area contributed by atoms with Crippen LogP contribution in [-0.4, -0.2) is 29.5 Å². The molecule has 2 N–H and O–H groups in total. The highest BCUT2D eigenvalue weighted by Gasteiger charge is 2.19. The molecule has 0 saturated carbocycles. The molecule has 0 aliphatic carbocycles. The van der Waals surface area contributed by atoms with Gasteiger partial charge in [-0.1, -0.05) is 19.9 Å². The van der Waals surface area contributed by atoms with Crippen molar-refractivity contribution in [1.29, 1.82) is 5.26 Å². The van der Waals surface area contributed by atoms with E-state index < -0.39 is 0 Å². The summed E-state index contributed by atoms with van der Waals surface area (Å²) in [6.45, 7) is 6.60. The Kier molecular flexibility index (Phi) is 6.34. The van der Waals surface area contributed by atoms with Crippen LogP contribution in [0.1, 0.15) is 31.9 Å². The van der Waals surface area contributed by atoms with Gasteiger partial charge in [0.2, 0.25) is 0 Å². The number of hydrogen-bond acceptors (Lipinski definition) is 4. The van der Waals surface area contributed by atoms with E-state index in [0.29, 0.717) is 18.9 Å². The Morgan fingerprint density at radius 2 is 2.28 bits per heavy atom. The van der Waals surface area contributed by atoms with Crippen LogP contribution in [0.3, 0.4) is 0 Å². The molecule has 98 valence electrons. The SMILES string of the molecule is CC(C)CN(CCC#N)C(CN)c1cccnc1. The van der Waals surface area contributed by atoms with Crippen LogP contribution in [0.15, 0.2) is 24.5 Å². The molecular formula is C14H22N4. The van der Waals surface area contributed by atoms with E-state index in [-0.39, 0.29) is 6.04 Å². The van der Waals surface area contributed by atoms with Gasteiger partial charge in [-0.3, -0.25) is 9.88 Å². The molecule has 0 spiro atoms. The molecule has 1 aromatic rings. The van der Waals surface area contributed by atoms with Crippen LogP contribution >= 0.6 is 0 Å². The van der Waals surface area contributed by atoms with E-state index in [1.165, 1.54) is 0 Å². The Balaban J connectivity index is 2.83. The van der Waals surface area contributed by atoms with Crippen molar-refractivity contribution in [2.75, 3.05) is 19.6 Å². The fourth-order valence-electron chi connectivity index (χ4n) is 2.11. The van der Waals surface area contributed by atoms with Crippen molar-refractivity contribution in [3.63, 3.8) is 0 Å². The van der Waals surface area contributed by atoms with Gasteiger partial charge in [-0.2, -0.15) is 5.26 Å². The molecule has 0 bridgehead atoms. The maximum Gasteiger partial charge on any atom is 0.0635 e. The van der Waals surface area contributed by atoms with Crippen LogP contribution in [-0.2, 0) is 0 Å². The summed E-state index contributed by atoms with van der Waals surface area (Å²) in [5, 5.41) is 8.75. The Labute approximate surface area is 109 Å². The van der Waals surface area contributed by atoms with E-state index in [2.05, 4.69) is 29.8 Å². The first kappa shape index (κ1) is 14.6. The molecule has 1 unspecified atom stereocenters. The zero-order valence-electron chi connectivity index (χ0n) is 11.2. The minimum absolute atomic E-state index is 0.148. The molecule has 4 nitrogen and oxygen atoms in total. The molecule has 0 radical (unpaired) electrons. The molecular weight excluding hydrogens is 224 g/mol. The van der Waals surface area contributed by atoms with Crippen LogP contribution in [0.2, 0.25) is 0 Å². The predicted octanol–water partition coefficient (Wildman–Crippen LogP) is 1.95. The lowest BCUT2D eigenvalue weighted by molar-refractivity contribution is 0.183. The van der Waals surface area contributed by atoms with Crippen LogP contribution in [0, 0.1) is 17.2 Å². The van der Waals surface area contributed by atoms with E-state index in [1.807, 2.05) is 18.3 Å². The molecule has 1 rings (SSSR count). The Bertz CT molecular complexity index is 369. The topological polar surface area (TPSA) is 65.9 Å². The first-order valence-corrected chi connectivity index (χ1v) is 6.40. The van der Waals surface area contributed by atoms with Gasteiger partial charge in [0.25, 0.3) is 0 Å². The Hall–Kier alpha value is -1.44. The van der Waals surface area contributed by atoms with Gasteiger partial charge in [-0.25, -0.2) is 0 Å². The van der Waals surface area contributed by atoms with Crippen LogP contribution in [0.25, 0.3) is 0 Å². The molecule has 0 fully saturated rings. The van der Waals surface area contributed by atoms with Crippen molar-refractivity contribution in [2.24, 2.45) is 11.7 Å². The van der Waals surface area contributed by atoms with Gasteiger partial charge < -0.3 is 5.73 Å². The lowest BCUT2D eigenvalue weighted by Crippen LogP contribution is -2.37. The monoisotopic (exact) mass is 246 g/mol. The largest absolute Gasteiger partial charge is 0.329 e. The summed E-state index contributed by atoms with van der Waals surface area (Å²) >= 11 is 0. The number of nitrogens with zero attached hydrogens (tertiary/aromatic N) is 3.